The molecule has 2 N–H and O–H groups in total. The molecule has 0 radical (unpaired) electrons. The summed E-state index contributed by atoms with van der Waals surface area (Å²) in [5, 5.41) is 9.33. The number of aliphatic imine (C=N–C) groups is 1. The molecule has 0 spiro atoms. The summed E-state index contributed by atoms with van der Waals surface area (Å²) in [4.78, 5) is 11.5. The number of likely N-dealkylation sites (N-methyl/N-ethyl adjacent to an activating group) is 1. The Morgan fingerprint density at radius 1 is 1.30 bits per heavy atom. The Morgan fingerprint density at radius 3 is 2.63 bits per heavy atom. The van der Waals surface area contributed by atoms with E-state index in [4.69, 9.17) is 9.73 Å². The quantitative estimate of drug-likeness (QED) is 0.485. The fourth-order valence-electron chi connectivity index (χ4n) is 4.49. The Balaban J connectivity index is 1.67. The van der Waals surface area contributed by atoms with Crippen molar-refractivity contribution in [3.63, 3.8) is 0 Å². The minimum atomic E-state index is 0.0940. The van der Waals surface area contributed by atoms with Crippen LogP contribution in [0, 0.1) is 5.92 Å². The summed E-state index contributed by atoms with van der Waals surface area (Å²) in [6, 6.07) is 4.86. The average molecular weight is 436 g/mol. The van der Waals surface area contributed by atoms with Gasteiger partial charge in [-0.15, -0.1) is 11.3 Å². The van der Waals surface area contributed by atoms with Crippen molar-refractivity contribution in [1.82, 2.24) is 20.4 Å². The third-order valence-corrected chi connectivity index (χ3v) is 7.81. The SMILES string of the molecule is CCNC(=NCC1(N(C)C)CCOCC1)NCC(c1cccs1)N1CCC(C)CC1. The van der Waals surface area contributed by atoms with Gasteiger partial charge in [0.25, 0.3) is 0 Å². The van der Waals surface area contributed by atoms with Crippen LogP contribution in [0.4, 0.5) is 0 Å². The number of piperidine rings is 1. The molecule has 6 nitrogen and oxygen atoms in total. The van der Waals surface area contributed by atoms with Gasteiger partial charge in [-0.1, -0.05) is 13.0 Å². The van der Waals surface area contributed by atoms with Gasteiger partial charge in [0.05, 0.1) is 12.6 Å². The molecule has 2 aliphatic rings. The Morgan fingerprint density at radius 2 is 2.03 bits per heavy atom. The first-order chi connectivity index (χ1) is 14.5. The lowest BCUT2D eigenvalue weighted by Gasteiger charge is -2.41. The van der Waals surface area contributed by atoms with Gasteiger partial charge in [0.1, 0.15) is 0 Å². The maximum absolute atomic E-state index is 5.61. The fourth-order valence-corrected chi connectivity index (χ4v) is 5.35. The highest BCUT2D eigenvalue weighted by Crippen LogP contribution is 2.29. The number of likely N-dealkylation sites (tertiary alicyclic amines) is 1. The van der Waals surface area contributed by atoms with Crippen LogP contribution in [0.5, 0.6) is 0 Å². The van der Waals surface area contributed by atoms with E-state index in [9.17, 15) is 0 Å². The van der Waals surface area contributed by atoms with Crippen LogP contribution in [0.1, 0.15) is 50.4 Å². The molecule has 1 unspecified atom stereocenters. The Bertz CT molecular complexity index is 634. The lowest BCUT2D eigenvalue weighted by molar-refractivity contribution is -0.00255. The van der Waals surface area contributed by atoms with E-state index >= 15 is 0 Å². The molecular formula is C23H41N5OS. The third-order valence-electron chi connectivity index (χ3n) is 6.84. The highest BCUT2D eigenvalue weighted by molar-refractivity contribution is 7.10. The van der Waals surface area contributed by atoms with E-state index in [0.29, 0.717) is 6.04 Å². The summed E-state index contributed by atoms with van der Waals surface area (Å²) in [7, 11) is 4.34. The molecule has 1 aromatic heterocycles. The van der Waals surface area contributed by atoms with Gasteiger partial charge >= 0.3 is 0 Å². The Hall–Kier alpha value is -1.15. The van der Waals surface area contributed by atoms with Crippen molar-refractivity contribution in [3.05, 3.63) is 22.4 Å². The minimum Gasteiger partial charge on any atom is -0.381 e. The Kier molecular flexibility index (Phi) is 8.98. The van der Waals surface area contributed by atoms with E-state index in [1.807, 2.05) is 11.3 Å². The molecule has 7 heteroatoms. The first kappa shape index (κ1) is 23.5. The molecule has 3 heterocycles. The Labute approximate surface area is 187 Å². The number of ether oxygens (including phenoxy) is 1. The normalized spacial score (nSPS) is 22.2. The number of thiophene rings is 1. The number of nitrogens with one attached hydrogen (secondary N) is 2. The zero-order valence-electron chi connectivity index (χ0n) is 19.3. The molecule has 2 fully saturated rings. The van der Waals surface area contributed by atoms with Gasteiger partial charge in [-0.05, 0) is 77.2 Å². The van der Waals surface area contributed by atoms with Crippen LogP contribution >= 0.6 is 11.3 Å². The molecule has 0 bridgehead atoms. The van der Waals surface area contributed by atoms with Crippen molar-refractivity contribution in [3.8, 4) is 0 Å². The number of guanidine groups is 1. The third kappa shape index (κ3) is 6.19. The van der Waals surface area contributed by atoms with Gasteiger partial charge in [0, 0.05) is 36.7 Å². The molecule has 0 saturated carbocycles. The van der Waals surface area contributed by atoms with Crippen LogP contribution in [-0.2, 0) is 4.74 Å². The largest absolute Gasteiger partial charge is 0.381 e. The highest BCUT2D eigenvalue weighted by atomic mass is 32.1. The van der Waals surface area contributed by atoms with Gasteiger partial charge in [-0.3, -0.25) is 9.89 Å². The summed E-state index contributed by atoms with van der Waals surface area (Å²) >= 11 is 1.87. The molecular weight excluding hydrogens is 394 g/mol. The van der Waals surface area contributed by atoms with Crippen LogP contribution in [0.15, 0.2) is 22.5 Å². The molecule has 1 atom stereocenters. The van der Waals surface area contributed by atoms with Gasteiger partial charge in [-0.2, -0.15) is 0 Å². The predicted octanol–water partition coefficient (Wildman–Crippen LogP) is 3.19. The van der Waals surface area contributed by atoms with Crippen molar-refractivity contribution in [2.45, 2.75) is 51.1 Å². The molecule has 3 rings (SSSR count). The topological polar surface area (TPSA) is 52.1 Å². The number of hydrogen-bond acceptors (Lipinski definition) is 5. The predicted molar refractivity (Wildman–Crippen MR) is 127 cm³/mol. The zero-order valence-corrected chi connectivity index (χ0v) is 20.1. The molecule has 2 saturated heterocycles. The maximum Gasteiger partial charge on any atom is 0.191 e. The van der Waals surface area contributed by atoms with Gasteiger partial charge in [0.15, 0.2) is 5.96 Å². The zero-order chi connectivity index (χ0) is 21.4. The number of hydrogen-bond donors (Lipinski definition) is 2. The molecule has 1 aromatic rings. The van der Waals surface area contributed by atoms with Gasteiger partial charge < -0.3 is 20.3 Å². The second-order valence-electron chi connectivity index (χ2n) is 9.06. The summed E-state index contributed by atoms with van der Waals surface area (Å²) in [5.41, 5.74) is 0.0940. The van der Waals surface area contributed by atoms with E-state index in [1.54, 1.807) is 0 Å². The fraction of sp³-hybridized carbons (Fsp3) is 0.783. The monoisotopic (exact) mass is 435 g/mol. The molecule has 30 heavy (non-hydrogen) atoms. The lowest BCUT2D eigenvalue weighted by atomic mass is 9.89. The average Bonchev–Trinajstić information content (AvgIpc) is 3.28. The summed E-state index contributed by atoms with van der Waals surface area (Å²) in [6.45, 7) is 11.1. The molecule has 2 aliphatic heterocycles. The van der Waals surface area contributed by atoms with E-state index in [-0.39, 0.29) is 5.54 Å². The van der Waals surface area contributed by atoms with E-state index in [0.717, 1.165) is 57.6 Å². The maximum atomic E-state index is 5.61. The summed E-state index contributed by atoms with van der Waals surface area (Å²) in [6.07, 6.45) is 4.66. The second-order valence-corrected chi connectivity index (χ2v) is 10.0. The highest BCUT2D eigenvalue weighted by Gasteiger charge is 2.34. The second kappa shape index (κ2) is 11.5. The standard InChI is InChI=1S/C23H41N5OS/c1-5-24-22(26-18-23(27(3)4)10-14-29-15-11-23)25-17-20(21-7-6-16-30-21)28-12-8-19(2)9-13-28/h6-7,16,19-20H,5,8-15,17-18H2,1-4H3,(H2,24,25,26). The first-order valence-corrected chi connectivity index (χ1v) is 12.5. The van der Waals surface area contributed by atoms with Crippen LogP contribution in [0.2, 0.25) is 0 Å². The first-order valence-electron chi connectivity index (χ1n) is 11.6. The lowest BCUT2D eigenvalue weighted by Crippen LogP contribution is -2.52. The smallest absolute Gasteiger partial charge is 0.191 e. The van der Waals surface area contributed by atoms with E-state index < -0.39 is 0 Å². The van der Waals surface area contributed by atoms with Crippen molar-refractivity contribution in [2.75, 3.05) is 60.0 Å². The molecule has 170 valence electrons. The molecule has 0 amide bonds. The van der Waals surface area contributed by atoms with Crippen molar-refractivity contribution >= 4 is 17.3 Å². The van der Waals surface area contributed by atoms with Crippen LogP contribution in [0.25, 0.3) is 0 Å². The van der Waals surface area contributed by atoms with Gasteiger partial charge in [-0.25, -0.2) is 0 Å². The number of nitrogens with zero attached hydrogens (tertiary/aromatic N) is 3. The summed E-state index contributed by atoms with van der Waals surface area (Å²) in [5.74, 6) is 1.77. The van der Waals surface area contributed by atoms with Crippen molar-refractivity contribution in [2.24, 2.45) is 10.9 Å². The van der Waals surface area contributed by atoms with Crippen LogP contribution in [0.3, 0.4) is 0 Å². The molecule has 0 aliphatic carbocycles. The number of rotatable bonds is 8. The van der Waals surface area contributed by atoms with Crippen molar-refractivity contribution in [1.29, 1.82) is 0 Å². The van der Waals surface area contributed by atoms with Crippen LogP contribution in [-0.4, -0.2) is 81.3 Å². The van der Waals surface area contributed by atoms with Crippen LogP contribution < -0.4 is 10.6 Å². The van der Waals surface area contributed by atoms with E-state index in [1.165, 1.54) is 30.8 Å². The molecule has 0 aromatic carbocycles. The minimum absolute atomic E-state index is 0.0940. The van der Waals surface area contributed by atoms with E-state index in [2.05, 4.69) is 65.9 Å². The van der Waals surface area contributed by atoms with Gasteiger partial charge in [0.2, 0.25) is 0 Å². The van der Waals surface area contributed by atoms with Crippen molar-refractivity contribution < 1.29 is 4.74 Å². The summed E-state index contributed by atoms with van der Waals surface area (Å²) < 4.78 is 5.61.